The summed E-state index contributed by atoms with van der Waals surface area (Å²) in [5.74, 6) is 1.42. The van der Waals surface area contributed by atoms with Crippen LogP contribution in [-0.4, -0.2) is 18.1 Å². The highest BCUT2D eigenvalue weighted by Gasteiger charge is 2.14. The summed E-state index contributed by atoms with van der Waals surface area (Å²) >= 11 is 1.75. The molecule has 1 N–H and O–H groups in total. The third kappa shape index (κ3) is 4.62. The van der Waals surface area contributed by atoms with Crippen LogP contribution in [0.25, 0.3) is 0 Å². The van der Waals surface area contributed by atoms with E-state index in [0.29, 0.717) is 11.8 Å². The molecule has 1 aromatic rings. The molecule has 0 aliphatic heterocycles. The number of aromatic nitrogens is 1. The van der Waals surface area contributed by atoms with Crippen molar-refractivity contribution in [2.75, 3.05) is 13.1 Å². The largest absolute Gasteiger partial charge is 0.316 e. The van der Waals surface area contributed by atoms with Gasteiger partial charge in [-0.3, -0.25) is 0 Å². The summed E-state index contributed by atoms with van der Waals surface area (Å²) in [5, 5.41) is 6.90. The van der Waals surface area contributed by atoms with Crippen LogP contribution in [0.4, 0.5) is 0 Å². The highest BCUT2D eigenvalue weighted by atomic mass is 32.1. The van der Waals surface area contributed by atoms with E-state index in [1.165, 1.54) is 17.1 Å². The SMILES string of the molecule is CCCNCC(Cc1csc(C)n1)C(C)C. The van der Waals surface area contributed by atoms with Gasteiger partial charge < -0.3 is 5.32 Å². The third-order valence-corrected chi connectivity index (χ3v) is 3.74. The van der Waals surface area contributed by atoms with Crippen molar-refractivity contribution >= 4 is 11.3 Å². The van der Waals surface area contributed by atoms with Gasteiger partial charge in [-0.15, -0.1) is 11.3 Å². The molecule has 0 bridgehead atoms. The fourth-order valence-corrected chi connectivity index (χ4v) is 2.40. The second-order valence-electron chi connectivity index (χ2n) is 4.77. The van der Waals surface area contributed by atoms with E-state index in [2.05, 4.69) is 43.4 Å². The van der Waals surface area contributed by atoms with Crippen LogP contribution in [0, 0.1) is 18.8 Å². The van der Waals surface area contributed by atoms with Crippen LogP contribution in [-0.2, 0) is 6.42 Å². The van der Waals surface area contributed by atoms with Gasteiger partial charge in [0.25, 0.3) is 0 Å². The molecule has 0 amide bonds. The van der Waals surface area contributed by atoms with Gasteiger partial charge in [0.1, 0.15) is 0 Å². The van der Waals surface area contributed by atoms with Gasteiger partial charge in [0.2, 0.25) is 0 Å². The normalized spacial score (nSPS) is 13.3. The Hall–Kier alpha value is -0.410. The zero-order valence-electron chi connectivity index (χ0n) is 10.9. The topological polar surface area (TPSA) is 24.9 Å². The van der Waals surface area contributed by atoms with E-state index in [4.69, 9.17) is 0 Å². The summed E-state index contributed by atoms with van der Waals surface area (Å²) in [6.45, 7) is 11.1. The molecule has 0 aliphatic rings. The van der Waals surface area contributed by atoms with Crippen molar-refractivity contribution in [1.82, 2.24) is 10.3 Å². The Morgan fingerprint density at radius 2 is 2.19 bits per heavy atom. The maximum Gasteiger partial charge on any atom is 0.0897 e. The Morgan fingerprint density at radius 3 is 2.69 bits per heavy atom. The average Bonchev–Trinajstić information content (AvgIpc) is 2.63. The molecule has 0 aromatic carbocycles. The number of rotatable bonds is 7. The number of nitrogens with one attached hydrogen (secondary N) is 1. The van der Waals surface area contributed by atoms with Crippen LogP contribution in [0.1, 0.15) is 37.9 Å². The lowest BCUT2D eigenvalue weighted by Crippen LogP contribution is -2.28. The molecule has 1 aromatic heterocycles. The number of nitrogens with zero attached hydrogens (tertiary/aromatic N) is 1. The third-order valence-electron chi connectivity index (χ3n) is 2.91. The molecule has 0 saturated heterocycles. The fourth-order valence-electron chi connectivity index (χ4n) is 1.78. The lowest BCUT2D eigenvalue weighted by Gasteiger charge is -2.20. The Balaban J connectivity index is 2.44. The predicted molar refractivity (Wildman–Crippen MR) is 72.0 cm³/mol. The minimum absolute atomic E-state index is 0.702. The van der Waals surface area contributed by atoms with Crippen molar-refractivity contribution in [3.8, 4) is 0 Å². The number of thiazole rings is 1. The Kier molecular flexibility index (Phi) is 5.99. The molecular formula is C13H24N2S. The van der Waals surface area contributed by atoms with Crippen molar-refractivity contribution in [3.05, 3.63) is 16.1 Å². The first-order valence-electron chi connectivity index (χ1n) is 6.25. The Morgan fingerprint density at radius 1 is 1.44 bits per heavy atom. The van der Waals surface area contributed by atoms with Crippen LogP contribution in [0.2, 0.25) is 0 Å². The molecule has 2 nitrogen and oxygen atoms in total. The predicted octanol–water partition coefficient (Wildman–Crippen LogP) is 3.27. The van der Waals surface area contributed by atoms with Crippen LogP contribution >= 0.6 is 11.3 Å². The minimum atomic E-state index is 0.702. The van der Waals surface area contributed by atoms with Crippen molar-refractivity contribution in [2.24, 2.45) is 11.8 Å². The van der Waals surface area contributed by atoms with E-state index in [1.807, 2.05) is 0 Å². The van der Waals surface area contributed by atoms with Crippen LogP contribution < -0.4 is 5.32 Å². The maximum absolute atomic E-state index is 4.55. The van der Waals surface area contributed by atoms with Gasteiger partial charge in [-0.25, -0.2) is 4.98 Å². The van der Waals surface area contributed by atoms with Gasteiger partial charge in [-0.05, 0) is 44.7 Å². The molecule has 16 heavy (non-hydrogen) atoms. The molecule has 1 heterocycles. The Bertz CT molecular complexity index is 294. The summed E-state index contributed by atoms with van der Waals surface area (Å²) in [4.78, 5) is 4.55. The second-order valence-corrected chi connectivity index (χ2v) is 5.83. The quantitative estimate of drug-likeness (QED) is 0.740. The average molecular weight is 240 g/mol. The highest BCUT2D eigenvalue weighted by molar-refractivity contribution is 7.09. The zero-order valence-corrected chi connectivity index (χ0v) is 11.7. The first-order valence-corrected chi connectivity index (χ1v) is 7.13. The molecule has 0 radical (unpaired) electrons. The van der Waals surface area contributed by atoms with Gasteiger partial charge in [-0.2, -0.15) is 0 Å². The summed E-state index contributed by atoms with van der Waals surface area (Å²) in [7, 11) is 0. The number of hydrogen-bond donors (Lipinski definition) is 1. The molecule has 0 fully saturated rings. The Labute approximate surface area is 103 Å². The van der Waals surface area contributed by atoms with Crippen LogP contribution in [0.15, 0.2) is 5.38 Å². The molecular weight excluding hydrogens is 216 g/mol. The fraction of sp³-hybridized carbons (Fsp3) is 0.769. The van der Waals surface area contributed by atoms with E-state index in [0.717, 1.165) is 19.5 Å². The molecule has 1 rings (SSSR count). The minimum Gasteiger partial charge on any atom is -0.316 e. The van der Waals surface area contributed by atoms with E-state index in [9.17, 15) is 0 Å². The summed E-state index contributed by atoms with van der Waals surface area (Å²) in [6.07, 6.45) is 2.32. The summed E-state index contributed by atoms with van der Waals surface area (Å²) < 4.78 is 0. The van der Waals surface area contributed by atoms with Gasteiger partial charge in [0.15, 0.2) is 0 Å². The molecule has 0 saturated carbocycles. The standard InChI is InChI=1S/C13H24N2S/c1-5-6-14-8-12(10(2)3)7-13-9-16-11(4)15-13/h9-10,12,14H,5-8H2,1-4H3. The molecule has 1 unspecified atom stereocenters. The van der Waals surface area contributed by atoms with Crippen molar-refractivity contribution in [1.29, 1.82) is 0 Å². The van der Waals surface area contributed by atoms with E-state index in [-0.39, 0.29) is 0 Å². The van der Waals surface area contributed by atoms with Gasteiger partial charge in [-0.1, -0.05) is 20.8 Å². The monoisotopic (exact) mass is 240 g/mol. The first kappa shape index (κ1) is 13.7. The van der Waals surface area contributed by atoms with Crippen molar-refractivity contribution in [3.63, 3.8) is 0 Å². The van der Waals surface area contributed by atoms with Crippen LogP contribution in [0.3, 0.4) is 0 Å². The van der Waals surface area contributed by atoms with Gasteiger partial charge >= 0.3 is 0 Å². The summed E-state index contributed by atoms with van der Waals surface area (Å²) in [5.41, 5.74) is 1.26. The molecule has 0 aliphatic carbocycles. The van der Waals surface area contributed by atoms with E-state index >= 15 is 0 Å². The lowest BCUT2D eigenvalue weighted by atomic mass is 9.91. The van der Waals surface area contributed by atoms with Crippen molar-refractivity contribution < 1.29 is 0 Å². The van der Waals surface area contributed by atoms with Crippen LogP contribution in [0.5, 0.6) is 0 Å². The molecule has 1 atom stereocenters. The highest BCUT2D eigenvalue weighted by Crippen LogP contribution is 2.18. The van der Waals surface area contributed by atoms with E-state index < -0.39 is 0 Å². The number of aryl methyl sites for hydroxylation is 1. The number of hydrogen-bond acceptors (Lipinski definition) is 3. The van der Waals surface area contributed by atoms with Crippen molar-refractivity contribution in [2.45, 2.75) is 40.5 Å². The van der Waals surface area contributed by atoms with Gasteiger partial charge in [0, 0.05) is 5.38 Å². The molecule has 3 heteroatoms. The molecule has 92 valence electrons. The van der Waals surface area contributed by atoms with Gasteiger partial charge in [0.05, 0.1) is 10.7 Å². The van der Waals surface area contributed by atoms with E-state index in [1.54, 1.807) is 11.3 Å². The maximum atomic E-state index is 4.55. The first-order chi connectivity index (χ1) is 7.63. The smallest absolute Gasteiger partial charge is 0.0897 e. The lowest BCUT2D eigenvalue weighted by molar-refractivity contribution is 0.358. The molecule has 0 spiro atoms. The second kappa shape index (κ2) is 7.02. The zero-order chi connectivity index (χ0) is 12.0. The summed E-state index contributed by atoms with van der Waals surface area (Å²) in [6, 6.07) is 0.